The minimum absolute atomic E-state index is 0.0544. The predicted molar refractivity (Wildman–Crippen MR) is 106 cm³/mol. The highest BCUT2D eigenvalue weighted by Gasteiger charge is 2.15. The number of carbonyl (C=O) groups excluding carboxylic acids is 1. The number of rotatable bonds is 3. The zero-order valence-corrected chi connectivity index (χ0v) is 15.6. The average molecular weight is 364 g/mol. The lowest BCUT2D eigenvalue weighted by Gasteiger charge is -2.08. The van der Waals surface area contributed by atoms with Crippen molar-refractivity contribution in [2.75, 3.05) is 5.32 Å². The summed E-state index contributed by atoms with van der Waals surface area (Å²) in [7, 11) is 1.97. The van der Waals surface area contributed by atoms with Crippen molar-refractivity contribution in [3.8, 4) is 6.07 Å². The van der Waals surface area contributed by atoms with Crippen LogP contribution in [0.4, 0.5) is 5.69 Å². The van der Waals surface area contributed by atoms with E-state index in [0.29, 0.717) is 10.7 Å². The van der Waals surface area contributed by atoms with Gasteiger partial charge >= 0.3 is 0 Å². The lowest BCUT2D eigenvalue weighted by Crippen LogP contribution is -2.14. The normalized spacial score (nSPS) is 11.4. The summed E-state index contributed by atoms with van der Waals surface area (Å²) in [5.74, 6) is -0.440. The van der Waals surface area contributed by atoms with Gasteiger partial charge in [0.25, 0.3) is 5.91 Å². The van der Waals surface area contributed by atoms with Gasteiger partial charge in [0.1, 0.15) is 11.6 Å². The molecule has 130 valence electrons. The van der Waals surface area contributed by atoms with Crippen molar-refractivity contribution in [2.45, 2.75) is 13.8 Å². The quantitative estimate of drug-likeness (QED) is 0.526. The number of hydrogen-bond donors (Lipinski definition) is 1. The van der Waals surface area contributed by atoms with E-state index in [2.05, 4.69) is 9.88 Å². The van der Waals surface area contributed by atoms with Crippen molar-refractivity contribution < 1.29 is 4.79 Å². The number of fused-ring (bicyclic) bond motifs is 1. The van der Waals surface area contributed by atoms with Crippen LogP contribution in [0, 0.1) is 25.2 Å². The second-order valence-electron chi connectivity index (χ2n) is 6.16. The SMILES string of the molecule is Cc1cc(Cl)ccc1NC(=O)/C(C#N)=C/c1c(C)n(C)c2ccccc12. The molecule has 26 heavy (non-hydrogen) atoms. The van der Waals surface area contributed by atoms with Gasteiger partial charge in [-0.3, -0.25) is 4.79 Å². The maximum atomic E-state index is 12.6. The summed E-state index contributed by atoms with van der Waals surface area (Å²) >= 11 is 5.95. The Morgan fingerprint density at radius 1 is 1.23 bits per heavy atom. The van der Waals surface area contributed by atoms with Crippen molar-refractivity contribution in [2.24, 2.45) is 7.05 Å². The first-order valence-corrected chi connectivity index (χ1v) is 8.53. The molecule has 1 amide bonds. The number of benzene rings is 2. The van der Waals surface area contributed by atoms with Crippen LogP contribution in [-0.4, -0.2) is 10.5 Å². The van der Waals surface area contributed by atoms with E-state index in [1.54, 1.807) is 24.3 Å². The summed E-state index contributed by atoms with van der Waals surface area (Å²) < 4.78 is 2.05. The standard InChI is InChI=1S/C21H18ClN3O/c1-13-10-16(22)8-9-19(13)24-21(26)15(12-23)11-18-14(2)25(3)20-7-5-4-6-17(18)20/h4-11H,1-3H3,(H,24,26)/b15-11+. The molecule has 0 aliphatic carbocycles. The lowest BCUT2D eigenvalue weighted by molar-refractivity contribution is -0.112. The van der Waals surface area contributed by atoms with Gasteiger partial charge in [0.05, 0.1) is 0 Å². The molecule has 2 aromatic carbocycles. The zero-order chi connectivity index (χ0) is 18.8. The fraction of sp³-hybridized carbons (Fsp3) is 0.143. The van der Waals surface area contributed by atoms with Gasteiger partial charge in [0.2, 0.25) is 0 Å². The maximum Gasteiger partial charge on any atom is 0.266 e. The molecule has 0 saturated carbocycles. The molecule has 0 aliphatic rings. The minimum atomic E-state index is -0.440. The van der Waals surface area contributed by atoms with Gasteiger partial charge in [-0.1, -0.05) is 29.8 Å². The molecular formula is C21H18ClN3O. The van der Waals surface area contributed by atoms with E-state index >= 15 is 0 Å². The van der Waals surface area contributed by atoms with Gasteiger partial charge in [0.15, 0.2) is 0 Å². The second kappa shape index (κ2) is 7.07. The topological polar surface area (TPSA) is 57.8 Å². The van der Waals surface area contributed by atoms with Crippen LogP contribution in [0.3, 0.4) is 0 Å². The molecule has 0 saturated heterocycles. The highest BCUT2D eigenvalue weighted by molar-refractivity contribution is 6.30. The summed E-state index contributed by atoms with van der Waals surface area (Å²) in [6.45, 7) is 3.83. The molecule has 0 aliphatic heterocycles. The molecule has 3 aromatic rings. The number of hydrogen-bond acceptors (Lipinski definition) is 2. The van der Waals surface area contributed by atoms with Gasteiger partial charge in [-0.25, -0.2) is 0 Å². The third kappa shape index (κ3) is 3.22. The molecule has 1 aromatic heterocycles. The number of aromatic nitrogens is 1. The Labute approximate surface area is 157 Å². The summed E-state index contributed by atoms with van der Waals surface area (Å²) in [5, 5.41) is 13.9. The molecule has 0 bridgehead atoms. The summed E-state index contributed by atoms with van der Waals surface area (Å²) in [4.78, 5) is 12.6. The Morgan fingerprint density at radius 2 is 1.96 bits per heavy atom. The predicted octanol–water partition coefficient (Wildman–Crippen LogP) is 4.99. The van der Waals surface area contributed by atoms with Gasteiger partial charge in [-0.2, -0.15) is 5.26 Å². The second-order valence-corrected chi connectivity index (χ2v) is 6.59. The number of amides is 1. The highest BCUT2D eigenvalue weighted by Crippen LogP contribution is 2.27. The molecule has 5 heteroatoms. The van der Waals surface area contributed by atoms with Crippen molar-refractivity contribution in [3.05, 3.63) is 69.9 Å². The first kappa shape index (κ1) is 17.8. The average Bonchev–Trinajstić information content (AvgIpc) is 2.86. The molecular weight excluding hydrogens is 346 g/mol. The fourth-order valence-corrected chi connectivity index (χ4v) is 3.21. The van der Waals surface area contributed by atoms with E-state index in [1.807, 2.05) is 51.2 Å². The Morgan fingerprint density at radius 3 is 2.65 bits per heavy atom. The molecule has 4 nitrogen and oxygen atoms in total. The van der Waals surface area contributed by atoms with Crippen molar-refractivity contribution in [3.63, 3.8) is 0 Å². The van der Waals surface area contributed by atoms with Gasteiger partial charge in [0, 0.05) is 39.9 Å². The number of nitrogens with one attached hydrogen (secondary N) is 1. The number of carbonyl (C=O) groups is 1. The first-order chi connectivity index (χ1) is 12.4. The Bertz CT molecular complexity index is 1090. The fourth-order valence-electron chi connectivity index (χ4n) is 2.98. The third-order valence-electron chi connectivity index (χ3n) is 4.54. The van der Waals surface area contributed by atoms with Gasteiger partial charge in [-0.05, 0) is 49.8 Å². The summed E-state index contributed by atoms with van der Waals surface area (Å²) in [5.41, 5.74) is 4.46. The minimum Gasteiger partial charge on any atom is -0.347 e. The van der Waals surface area contributed by atoms with E-state index in [0.717, 1.165) is 27.7 Å². The number of aryl methyl sites for hydroxylation is 2. The molecule has 1 heterocycles. The van der Waals surface area contributed by atoms with E-state index in [4.69, 9.17) is 11.6 Å². The van der Waals surface area contributed by atoms with Crippen LogP contribution in [0.5, 0.6) is 0 Å². The van der Waals surface area contributed by atoms with E-state index < -0.39 is 5.91 Å². The number of anilines is 1. The van der Waals surface area contributed by atoms with Crippen molar-refractivity contribution >= 4 is 40.2 Å². The molecule has 0 atom stereocenters. The van der Waals surface area contributed by atoms with Crippen LogP contribution in [0.1, 0.15) is 16.8 Å². The lowest BCUT2D eigenvalue weighted by atomic mass is 10.1. The molecule has 3 rings (SSSR count). The molecule has 0 unspecified atom stereocenters. The summed E-state index contributed by atoms with van der Waals surface area (Å²) in [6, 6.07) is 15.1. The van der Waals surface area contributed by atoms with Gasteiger partial charge in [-0.15, -0.1) is 0 Å². The number of para-hydroxylation sites is 1. The highest BCUT2D eigenvalue weighted by atomic mass is 35.5. The maximum absolute atomic E-state index is 12.6. The van der Waals surface area contributed by atoms with E-state index in [1.165, 1.54) is 0 Å². The van der Waals surface area contributed by atoms with Gasteiger partial charge < -0.3 is 9.88 Å². The van der Waals surface area contributed by atoms with Crippen LogP contribution in [0.2, 0.25) is 5.02 Å². The summed E-state index contributed by atoms with van der Waals surface area (Å²) in [6.07, 6.45) is 1.65. The Balaban J connectivity index is 2.00. The van der Waals surface area contributed by atoms with Crippen molar-refractivity contribution in [1.82, 2.24) is 4.57 Å². The molecule has 0 fully saturated rings. The number of halogens is 1. The van der Waals surface area contributed by atoms with Crippen LogP contribution in [0.25, 0.3) is 17.0 Å². The Hall–Kier alpha value is -3.03. The largest absolute Gasteiger partial charge is 0.347 e. The van der Waals surface area contributed by atoms with Crippen molar-refractivity contribution in [1.29, 1.82) is 5.26 Å². The zero-order valence-electron chi connectivity index (χ0n) is 14.8. The molecule has 0 radical (unpaired) electrons. The molecule has 1 N–H and O–H groups in total. The monoisotopic (exact) mass is 363 g/mol. The van der Waals surface area contributed by atoms with Crippen LogP contribution >= 0.6 is 11.6 Å². The van der Waals surface area contributed by atoms with E-state index in [9.17, 15) is 10.1 Å². The number of nitrogens with zero attached hydrogens (tertiary/aromatic N) is 2. The number of nitriles is 1. The van der Waals surface area contributed by atoms with Crippen LogP contribution in [-0.2, 0) is 11.8 Å². The first-order valence-electron chi connectivity index (χ1n) is 8.15. The van der Waals surface area contributed by atoms with Crippen LogP contribution < -0.4 is 5.32 Å². The van der Waals surface area contributed by atoms with E-state index in [-0.39, 0.29) is 5.57 Å². The molecule has 0 spiro atoms. The van der Waals surface area contributed by atoms with Crippen LogP contribution in [0.15, 0.2) is 48.0 Å². The third-order valence-corrected chi connectivity index (χ3v) is 4.77. The Kier molecular flexibility index (Phi) is 4.83. The smallest absolute Gasteiger partial charge is 0.266 e.